The molecular weight excluding hydrogens is 627 g/mol. The molecule has 0 heterocycles. The van der Waals surface area contributed by atoms with Crippen molar-refractivity contribution in [3.8, 4) is 0 Å². The van der Waals surface area contributed by atoms with E-state index in [4.69, 9.17) is 0 Å². The molecule has 0 saturated heterocycles. The summed E-state index contributed by atoms with van der Waals surface area (Å²) >= 11 is 0. The molecule has 0 aliphatic rings. The molecule has 280 valence electrons. The van der Waals surface area contributed by atoms with Crippen molar-refractivity contribution >= 4 is 21.8 Å². The van der Waals surface area contributed by atoms with E-state index in [2.05, 4.69) is 38.2 Å². The molecule has 0 N–H and O–H groups in total. The van der Waals surface area contributed by atoms with E-state index in [1.807, 2.05) is 6.92 Å². The number of allylic oxidation sites excluding steroid dienone is 4. The SMILES string of the molecule is CCCCCCCCC=CCCCCCCCC(=O)N(C(=O)CCCCCCCC=CCCCCCCCC)S(=O)(=O)c1ccc(C)cc1. The average molecular weight is 700 g/mol. The van der Waals surface area contributed by atoms with Crippen molar-refractivity contribution < 1.29 is 18.0 Å². The zero-order chi connectivity index (χ0) is 35.8. The first-order valence-corrected chi connectivity index (χ1v) is 21.8. The van der Waals surface area contributed by atoms with Gasteiger partial charge >= 0.3 is 0 Å². The van der Waals surface area contributed by atoms with Crippen LogP contribution in [0.1, 0.15) is 199 Å². The van der Waals surface area contributed by atoms with E-state index in [1.165, 1.54) is 102 Å². The lowest BCUT2D eigenvalue weighted by molar-refractivity contribution is -0.138. The highest BCUT2D eigenvalue weighted by atomic mass is 32.2. The predicted octanol–water partition coefficient (Wildman–Crippen LogP) is 13.1. The highest BCUT2D eigenvalue weighted by molar-refractivity contribution is 7.90. The van der Waals surface area contributed by atoms with Crippen LogP contribution in [0.2, 0.25) is 0 Å². The first-order chi connectivity index (χ1) is 23.8. The van der Waals surface area contributed by atoms with Crippen molar-refractivity contribution in [1.82, 2.24) is 4.31 Å². The lowest BCUT2D eigenvalue weighted by Gasteiger charge is -2.21. The van der Waals surface area contributed by atoms with Gasteiger partial charge in [-0.1, -0.05) is 159 Å². The Bertz CT molecular complexity index is 1070. The van der Waals surface area contributed by atoms with Crippen LogP contribution in [0.5, 0.6) is 0 Å². The highest BCUT2D eigenvalue weighted by Crippen LogP contribution is 2.21. The van der Waals surface area contributed by atoms with E-state index in [1.54, 1.807) is 12.1 Å². The third-order valence-electron chi connectivity index (χ3n) is 9.32. The summed E-state index contributed by atoms with van der Waals surface area (Å²) in [5, 5.41) is 0. The van der Waals surface area contributed by atoms with Gasteiger partial charge in [-0.3, -0.25) is 9.59 Å². The van der Waals surface area contributed by atoms with Crippen LogP contribution in [0.25, 0.3) is 0 Å². The molecule has 0 aliphatic heterocycles. The van der Waals surface area contributed by atoms with Crippen LogP contribution in [0.4, 0.5) is 0 Å². The van der Waals surface area contributed by atoms with Crippen LogP contribution in [0.15, 0.2) is 53.5 Å². The van der Waals surface area contributed by atoms with E-state index in [-0.39, 0.29) is 17.7 Å². The average Bonchev–Trinajstić information content (AvgIpc) is 3.08. The minimum absolute atomic E-state index is 0.00565. The zero-order valence-electron chi connectivity index (χ0n) is 31.9. The minimum atomic E-state index is -4.24. The Labute approximate surface area is 302 Å². The van der Waals surface area contributed by atoms with Gasteiger partial charge in [0.1, 0.15) is 0 Å². The van der Waals surface area contributed by atoms with Crippen LogP contribution in [-0.4, -0.2) is 24.5 Å². The summed E-state index contributed by atoms with van der Waals surface area (Å²) in [6.07, 6.45) is 39.2. The fourth-order valence-electron chi connectivity index (χ4n) is 6.12. The number of nitrogens with zero attached hydrogens (tertiary/aromatic N) is 1. The summed E-state index contributed by atoms with van der Waals surface area (Å²) in [5.41, 5.74) is 0.921. The number of hydrogen-bond donors (Lipinski definition) is 0. The van der Waals surface area contributed by atoms with Gasteiger partial charge in [-0.2, -0.15) is 4.31 Å². The molecule has 0 aromatic heterocycles. The van der Waals surface area contributed by atoms with Crippen molar-refractivity contribution in [2.45, 2.75) is 205 Å². The van der Waals surface area contributed by atoms with E-state index in [0.717, 1.165) is 69.8 Å². The second-order valence-corrected chi connectivity index (χ2v) is 15.8. The summed E-state index contributed by atoms with van der Waals surface area (Å²) < 4.78 is 27.6. The molecule has 6 heteroatoms. The number of amides is 2. The first-order valence-electron chi connectivity index (χ1n) is 20.3. The smallest absolute Gasteiger partial charge is 0.273 e. The monoisotopic (exact) mass is 700 g/mol. The third-order valence-corrected chi connectivity index (χ3v) is 11.1. The van der Waals surface area contributed by atoms with Gasteiger partial charge in [0, 0.05) is 12.8 Å². The molecule has 0 aliphatic carbocycles. The van der Waals surface area contributed by atoms with Gasteiger partial charge in [0.25, 0.3) is 10.0 Å². The molecular formula is C43H73NO4S. The Balaban J connectivity index is 2.39. The maximum atomic E-state index is 13.5. The molecule has 1 aromatic carbocycles. The number of hydrogen-bond acceptors (Lipinski definition) is 4. The predicted molar refractivity (Wildman–Crippen MR) is 209 cm³/mol. The van der Waals surface area contributed by atoms with Crippen LogP contribution >= 0.6 is 0 Å². The van der Waals surface area contributed by atoms with Crippen molar-refractivity contribution in [3.63, 3.8) is 0 Å². The Hall–Kier alpha value is -2.21. The highest BCUT2D eigenvalue weighted by Gasteiger charge is 2.34. The van der Waals surface area contributed by atoms with Gasteiger partial charge < -0.3 is 0 Å². The third kappa shape index (κ3) is 23.0. The van der Waals surface area contributed by atoms with Crippen LogP contribution < -0.4 is 0 Å². The van der Waals surface area contributed by atoms with E-state index in [0.29, 0.717) is 17.1 Å². The van der Waals surface area contributed by atoms with Crippen molar-refractivity contribution in [2.75, 3.05) is 0 Å². The summed E-state index contributed by atoms with van der Waals surface area (Å²) in [7, 11) is -4.24. The van der Waals surface area contributed by atoms with Gasteiger partial charge in [-0.15, -0.1) is 0 Å². The first kappa shape index (κ1) is 44.8. The van der Waals surface area contributed by atoms with E-state index >= 15 is 0 Å². The Morgan fingerprint density at radius 1 is 0.490 bits per heavy atom. The number of carbonyl (C=O) groups is 2. The van der Waals surface area contributed by atoms with Crippen LogP contribution in [0, 0.1) is 6.92 Å². The molecule has 0 radical (unpaired) electrons. The summed E-state index contributed by atoms with van der Waals surface area (Å²) in [4.78, 5) is 26.5. The molecule has 0 bridgehead atoms. The number of aryl methyl sites for hydroxylation is 1. The molecule has 2 amide bonds. The second kappa shape index (κ2) is 30.6. The maximum Gasteiger partial charge on any atom is 0.273 e. The summed E-state index contributed by atoms with van der Waals surface area (Å²) in [5.74, 6) is -1.20. The molecule has 0 unspecified atom stereocenters. The van der Waals surface area contributed by atoms with Crippen molar-refractivity contribution in [2.24, 2.45) is 0 Å². The molecule has 1 aromatic rings. The zero-order valence-corrected chi connectivity index (χ0v) is 32.7. The Kier molecular flexibility index (Phi) is 28.0. The van der Waals surface area contributed by atoms with Gasteiger partial charge in [0.05, 0.1) is 4.90 Å². The van der Waals surface area contributed by atoms with E-state index in [9.17, 15) is 18.0 Å². The molecule has 1 rings (SSSR count). The minimum Gasteiger partial charge on any atom is -0.273 e. The van der Waals surface area contributed by atoms with Gasteiger partial charge in [0.15, 0.2) is 0 Å². The largest absolute Gasteiger partial charge is 0.273 e. The number of benzene rings is 1. The number of carbonyl (C=O) groups excluding carboxylic acids is 2. The quantitative estimate of drug-likeness (QED) is 0.0554. The molecule has 5 nitrogen and oxygen atoms in total. The number of sulfonamides is 1. The molecule has 0 atom stereocenters. The van der Waals surface area contributed by atoms with Crippen molar-refractivity contribution in [1.29, 1.82) is 0 Å². The van der Waals surface area contributed by atoms with Gasteiger partial charge in [-0.25, -0.2) is 8.42 Å². The van der Waals surface area contributed by atoms with Crippen LogP contribution in [-0.2, 0) is 19.6 Å². The van der Waals surface area contributed by atoms with Crippen LogP contribution in [0.3, 0.4) is 0 Å². The molecule has 49 heavy (non-hydrogen) atoms. The fraction of sp³-hybridized carbons (Fsp3) is 0.721. The number of unbranched alkanes of at least 4 members (excludes halogenated alkanes) is 22. The standard InChI is InChI=1S/C43H73NO4S/c1-4-6-8-10-12-14-16-18-20-22-24-26-28-30-32-34-42(45)44(49(47,48)41-38-36-40(3)37-39-41)43(46)35-33-31-29-27-25-23-21-19-17-15-13-11-9-7-5-2/h18-21,36-39H,4-17,22-35H2,1-3H3. The lowest BCUT2D eigenvalue weighted by Crippen LogP contribution is -2.41. The Morgan fingerprint density at radius 3 is 1.14 bits per heavy atom. The lowest BCUT2D eigenvalue weighted by atomic mass is 10.1. The van der Waals surface area contributed by atoms with Gasteiger partial charge in [-0.05, 0) is 83.3 Å². The summed E-state index contributed by atoms with van der Waals surface area (Å²) in [6.45, 7) is 6.38. The molecule has 0 fully saturated rings. The molecule has 0 spiro atoms. The number of rotatable bonds is 32. The maximum absolute atomic E-state index is 13.5. The normalized spacial score (nSPS) is 12.0. The number of imide groups is 1. The van der Waals surface area contributed by atoms with Crippen molar-refractivity contribution in [3.05, 3.63) is 54.1 Å². The molecule has 0 saturated carbocycles. The topological polar surface area (TPSA) is 71.5 Å². The summed E-state index contributed by atoms with van der Waals surface area (Å²) in [6, 6.07) is 6.38. The van der Waals surface area contributed by atoms with Gasteiger partial charge in [0.2, 0.25) is 11.8 Å². The Morgan fingerprint density at radius 2 is 0.796 bits per heavy atom. The van der Waals surface area contributed by atoms with E-state index < -0.39 is 21.8 Å². The second-order valence-electron chi connectivity index (χ2n) is 14.0. The fourth-order valence-corrected chi connectivity index (χ4v) is 7.53.